The Balaban J connectivity index is 1.46. The maximum Gasteiger partial charge on any atom is 0.226 e. The van der Waals surface area contributed by atoms with E-state index in [4.69, 9.17) is 25.8 Å². The number of aliphatic hydroxyl groups excluding tert-OH is 3. The number of halogens is 1. The fourth-order valence-electron chi connectivity index (χ4n) is 4.50. The lowest BCUT2D eigenvalue weighted by Crippen LogP contribution is -2.63. The minimum absolute atomic E-state index is 0.0552. The highest BCUT2D eigenvalue weighted by Crippen LogP contribution is 2.55. The van der Waals surface area contributed by atoms with E-state index in [0.29, 0.717) is 28.6 Å². The fraction of sp³-hybridized carbons (Fsp3) is 0.346. The molecule has 0 aliphatic carbocycles. The quantitative estimate of drug-likeness (QED) is 0.439. The third-order valence-corrected chi connectivity index (χ3v) is 7.90. The molecule has 3 aromatic rings. The predicted molar refractivity (Wildman–Crippen MR) is 131 cm³/mol. The number of ether oxygens (including phenoxy) is 3. The molecule has 2 fully saturated rings. The number of nitrogens with zero attached hydrogens (tertiary/aromatic N) is 1. The van der Waals surface area contributed by atoms with Gasteiger partial charge in [0, 0.05) is 16.8 Å². The highest BCUT2D eigenvalue weighted by molar-refractivity contribution is 8.00. The van der Waals surface area contributed by atoms with Gasteiger partial charge in [-0.2, -0.15) is 0 Å². The Morgan fingerprint density at radius 3 is 2.60 bits per heavy atom. The van der Waals surface area contributed by atoms with Crippen molar-refractivity contribution in [1.29, 1.82) is 0 Å². The highest BCUT2D eigenvalue weighted by Gasteiger charge is 2.67. The Bertz CT molecular complexity index is 1180. The van der Waals surface area contributed by atoms with Crippen LogP contribution in [0.5, 0.6) is 5.75 Å². The zero-order valence-corrected chi connectivity index (χ0v) is 20.6. The third-order valence-electron chi connectivity index (χ3n) is 6.29. The Labute approximate surface area is 212 Å². The number of aliphatic hydroxyl groups is 3. The predicted octanol–water partition coefficient (Wildman–Crippen LogP) is 3.51. The number of benzene rings is 2. The van der Waals surface area contributed by atoms with Crippen molar-refractivity contribution in [3.05, 3.63) is 88.6 Å². The molecule has 1 aromatic heterocycles. The molecule has 2 aromatic carbocycles. The minimum atomic E-state index is -1.67. The van der Waals surface area contributed by atoms with Gasteiger partial charge in [0.2, 0.25) is 5.79 Å². The first-order chi connectivity index (χ1) is 16.9. The van der Waals surface area contributed by atoms with Crippen LogP contribution in [0.4, 0.5) is 0 Å². The van der Waals surface area contributed by atoms with E-state index < -0.39 is 29.0 Å². The first-order valence-electron chi connectivity index (χ1n) is 11.4. The summed E-state index contributed by atoms with van der Waals surface area (Å²) in [6.07, 6.45) is -2.24. The summed E-state index contributed by atoms with van der Waals surface area (Å²) in [7, 11) is 0. The van der Waals surface area contributed by atoms with Gasteiger partial charge in [-0.05, 0) is 60.9 Å². The number of aromatic nitrogens is 1. The Kier molecular flexibility index (Phi) is 6.80. The number of thioether (sulfide) groups is 1. The van der Waals surface area contributed by atoms with E-state index in [0.717, 1.165) is 28.6 Å². The molecule has 0 amide bonds. The monoisotopic (exact) mass is 515 g/mol. The SMILES string of the molecule is CCOc1ccc(Cc2cc(C34OCC(Sc5ccccn5)(O3)C(O)C(O)C4O)ccc2Cl)cc1. The lowest BCUT2D eigenvalue weighted by Gasteiger charge is -2.46. The van der Waals surface area contributed by atoms with Gasteiger partial charge in [0.05, 0.1) is 18.2 Å². The smallest absolute Gasteiger partial charge is 0.226 e. The van der Waals surface area contributed by atoms with Crippen molar-refractivity contribution >= 4 is 23.4 Å². The summed E-state index contributed by atoms with van der Waals surface area (Å²) in [5.41, 5.74) is 2.33. The second-order valence-electron chi connectivity index (χ2n) is 8.58. The lowest BCUT2D eigenvalue weighted by atomic mass is 9.88. The van der Waals surface area contributed by atoms with Crippen LogP contribution >= 0.6 is 23.4 Å². The fourth-order valence-corrected chi connectivity index (χ4v) is 5.84. The van der Waals surface area contributed by atoms with Gasteiger partial charge in [-0.15, -0.1) is 0 Å². The van der Waals surface area contributed by atoms with Crippen LogP contribution in [0.3, 0.4) is 0 Å². The second-order valence-corrected chi connectivity index (χ2v) is 10.3. The normalized spacial score (nSPS) is 29.8. The molecule has 184 valence electrons. The Morgan fingerprint density at radius 1 is 1.09 bits per heavy atom. The maximum atomic E-state index is 11.0. The van der Waals surface area contributed by atoms with Crippen molar-refractivity contribution in [2.45, 2.75) is 47.4 Å². The number of fused-ring (bicyclic) bond motifs is 2. The van der Waals surface area contributed by atoms with Crippen LogP contribution in [0.25, 0.3) is 0 Å². The molecule has 5 unspecified atom stereocenters. The van der Waals surface area contributed by atoms with Gasteiger partial charge < -0.3 is 29.5 Å². The molecule has 2 aliphatic rings. The summed E-state index contributed by atoms with van der Waals surface area (Å²) >= 11 is 7.68. The van der Waals surface area contributed by atoms with Crippen LogP contribution in [0.1, 0.15) is 23.6 Å². The molecule has 9 heteroatoms. The highest BCUT2D eigenvalue weighted by atomic mass is 35.5. The summed E-state index contributed by atoms with van der Waals surface area (Å²) in [6, 6.07) is 18.4. The van der Waals surface area contributed by atoms with E-state index in [1.807, 2.05) is 43.3 Å². The number of hydrogen-bond acceptors (Lipinski definition) is 8. The van der Waals surface area contributed by atoms with Gasteiger partial charge in [-0.25, -0.2) is 4.98 Å². The van der Waals surface area contributed by atoms with Crippen molar-refractivity contribution in [3.8, 4) is 5.75 Å². The van der Waals surface area contributed by atoms with E-state index in [1.165, 1.54) is 0 Å². The number of hydrogen-bond donors (Lipinski definition) is 3. The van der Waals surface area contributed by atoms with Crippen molar-refractivity contribution < 1.29 is 29.5 Å². The standard InChI is InChI=1S/C26H26ClNO6S/c1-2-32-19-9-6-16(7-10-19)13-17-14-18(8-11-20(17)27)26-24(31)22(29)23(30)25(34-26,15-33-26)35-21-5-3-4-12-28-21/h3-12,14,22-24,29-31H,2,13,15H2,1H3. The molecule has 0 radical (unpaired) electrons. The van der Waals surface area contributed by atoms with Crippen LogP contribution in [0.15, 0.2) is 71.9 Å². The Hall–Kier alpha value is -2.17. The van der Waals surface area contributed by atoms with Crippen LogP contribution in [0, 0.1) is 0 Å². The van der Waals surface area contributed by atoms with Crippen LogP contribution in [-0.2, 0) is 21.7 Å². The van der Waals surface area contributed by atoms with E-state index in [1.54, 1.807) is 30.5 Å². The molecule has 0 saturated carbocycles. The lowest BCUT2D eigenvalue weighted by molar-refractivity contribution is -0.309. The summed E-state index contributed by atoms with van der Waals surface area (Å²) < 4.78 is 17.9. The average Bonchev–Trinajstić information content (AvgIpc) is 3.24. The van der Waals surface area contributed by atoms with Gasteiger partial charge >= 0.3 is 0 Å². The second kappa shape index (κ2) is 9.71. The Morgan fingerprint density at radius 2 is 1.89 bits per heavy atom. The molecule has 5 atom stereocenters. The molecule has 7 nitrogen and oxygen atoms in total. The minimum Gasteiger partial charge on any atom is -0.494 e. The largest absolute Gasteiger partial charge is 0.494 e. The van der Waals surface area contributed by atoms with Crippen LogP contribution in [0.2, 0.25) is 5.02 Å². The molecule has 35 heavy (non-hydrogen) atoms. The maximum absolute atomic E-state index is 11.0. The zero-order valence-electron chi connectivity index (χ0n) is 19.0. The van der Waals surface area contributed by atoms with E-state index in [9.17, 15) is 15.3 Å². The van der Waals surface area contributed by atoms with Gasteiger partial charge in [0.1, 0.15) is 24.1 Å². The number of pyridine rings is 1. The van der Waals surface area contributed by atoms with Gasteiger partial charge in [0.25, 0.3) is 0 Å². The molecule has 3 heterocycles. The average molecular weight is 516 g/mol. The van der Waals surface area contributed by atoms with Crippen molar-refractivity contribution in [2.24, 2.45) is 0 Å². The third kappa shape index (κ3) is 4.44. The molecular weight excluding hydrogens is 490 g/mol. The summed E-state index contributed by atoms with van der Waals surface area (Å²) in [6.45, 7) is 2.48. The van der Waals surface area contributed by atoms with Crippen molar-refractivity contribution in [2.75, 3.05) is 13.2 Å². The summed E-state index contributed by atoms with van der Waals surface area (Å²) in [5, 5.41) is 33.8. The van der Waals surface area contributed by atoms with Gasteiger partial charge in [-0.1, -0.05) is 47.6 Å². The van der Waals surface area contributed by atoms with E-state index in [2.05, 4.69) is 4.98 Å². The van der Waals surface area contributed by atoms with Crippen LogP contribution in [-0.4, -0.2) is 56.8 Å². The summed E-state index contributed by atoms with van der Waals surface area (Å²) in [4.78, 5) is 2.95. The van der Waals surface area contributed by atoms with Crippen molar-refractivity contribution in [1.82, 2.24) is 4.98 Å². The summed E-state index contributed by atoms with van der Waals surface area (Å²) in [5.74, 6) is -0.874. The molecule has 3 N–H and O–H groups in total. The number of rotatable bonds is 7. The molecule has 0 spiro atoms. The van der Waals surface area contributed by atoms with Gasteiger partial charge in [0.15, 0.2) is 4.93 Å². The first kappa shape index (κ1) is 24.5. The first-order valence-corrected chi connectivity index (χ1v) is 12.6. The molecular formula is C26H26ClNO6S. The molecule has 5 rings (SSSR count). The zero-order chi connectivity index (χ0) is 24.6. The molecule has 2 bridgehead atoms. The topological polar surface area (TPSA) is 101 Å². The van der Waals surface area contributed by atoms with Crippen molar-refractivity contribution in [3.63, 3.8) is 0 Å². The molecule has 2 aliphatic heterocycles. The van der Waals surface area contributed by atoms with Gasteiger partial charge in [-0.3, -0.25) is 0 Å². The van der Waals surface area contributed by atoms with E-state index >= 15 is 0 Å². The van der Waals surface area contributed by atoms with E-state index in [-0.39, 0.29) is 6.61 Å². The molecule has 2 saturated heterocycles. The van der Waals surface area contributed by atoms with Crippen LogP contribution < -0.4 is 4.74 Å².